The zero-order valence-electron chi connectivity index (χ0n) is 12.8. The predicted octanol–water partition coefficient (Wildman–Crippen LogP) is 2.27. The van der Waals surface area contributed by atoms with E-state index < -0.39 is 0 Å². The summed E-state index contributed by atoms with van der Waals surface area (Å²) in [4.78, 5) is 14.5. The number of H-pyrrole nitrogens is 1. The van der Waals surface area contributed by atoms with Gasteiger partial charge in [-0.3, -0.25) is 14.8 Å². The number of furan rings is 1. The second-order valence-electron chi connectivity index (χ2n) is 5.78. The summed E-state index contributed by atoms with van der Waals surface area (Å²) in [5.41, 5.74) is 1.10. The van der Waals surface area contributed by atoms with E-state index in [2.05, 4.69) is 27.3 Å². The van der Waals surface area contributed by atoms with E-state index in [9.17, 15) is 4.79 Å². The van der Waals surface area contributed by atoms with Crippen LogP contribution in [0, 0.1) is 0 Å². The highest BCUT2D eigenvalue weighted by molar-refractivity contribution is 5.93. The number of carbonyl (C=O) groups is 1. The van der Waals surface area contributed by atoms with Gasteiger partial charge in [-0.25, -0.2) is 0 Å². The molecule has 0 aliphatic carbocycles. The quantitative estimate of drug-likeness (QED) is 0.888. The first-order chi connectivity index (χ1) is 10.7. The van der Waals surface area contributed by atoms with Gasteiger partial charge >= 0.3 is 0 Å². The number of amides is 1. The van der Waals surface area contributed by atoms with Gasteiger partial charge in [0.25, 0.3) is 5.91 Å². The van der Waals surface area contributed by atoms with Gasteiger partial charge in [0.15, 0.2) is 11.5 Å². The van der Waals surface area contributed by atoms with Crippen molar-refractivity contribution in [1.82, 2.24) is 20.4 Å². The standard InChI is InChI=1S/C16H22N4O2/c1-12-5-2-3-8-20(12)9-7-17-16(21)14-11-13(18-19-14)15-6-4-10-22-15/h4,6,10-12H,2-3,5,7-9H2,1H3,(H,17,21)(H,18,19)/t12-/m1/s1. The van der Waals surface area contributed by atoms with Crippen LogP contribution >= 0.6 is 0 Å². The Morgan fingerprint density at radius 3 is 3.23 bits per heavy atom. The minimum Gasteiger partial charge on any atom is -0.463 e. The number of rotatable bonds is 5. The zero-order chi connectivity index (χ0) is 15.4. The van der Waals surface area contributed by atoms with Gasteiger partial charge < -0.3 is 9.73 Å². The first-order valence-corrected chi connectivity index (χ1v) is 7.85. The Morgan fingerprint density at radius 2 is 2.45 bits per heavy atom. The number of nitrogens with zero attached hydrogens (tertiary/aromatic N) is 2. The molecule has 2 aromatic rings. The van der Waals surface area contributed by atoms with Crippen molar-refractivity contribution in [2.24, 2.45) is 0 Å². The molecule has 1 aliphatic heterocycles. The molecule has 6 nitrogen and oxygen atoms in total. The van der Waals surface area contributed by atoms with Gasteiger partial charge in [-0.1, -0.05) is 6.42 Å². The second-order valence-corrected chi connectivity index (χ2v) is 5.78. The van der Waals surface area contributed by atoms with Crippen molar-refractivity contribution in [3.05, 3.63) is 30.2 Å². The maximum absolute atomic E-state index is 12.1. The summed E-state index contributed by atoms with van der Waals surface area (Å²) in [6.45, 7) is 4.92. The molecule has 0 spiro atoms. The lowest BCUT2D eigenvalue weighted by Gasteiger charge is -2.33. The van der Waals surface area contributed by atoms with E-state index in [0.717, 1.165) is 13.1 Å². The summed E-state index contributed by atoms with van der Waals surface area (Å²) < 4.78 is 5.28. The van der Waals surface area contributed by atoms with Crippen LogP contribution in [-0.4, -0.2) is 46.7 Å². The van der Waals surface area contributed by atoms with Crippen LogP contribution in [-0.2, 0) is 0 Å². The van der Waals surface area contributed by atoms with Crippen LogP contribution in [0.5, 0.6) is 0 Å². The molecule has 0 saturated carbocycles. The molecule has 0 aromatic carbocycles. The molecule has 0 radical (unpaired) electrons. The molecular formula is C16H22N4O2. The van der Waals surface area contributed by atoms with E-state index in [1.165, 1.54) is 19.3 Å². The average molecular weight is 302 g/mol. The molecule has 2 aromatic heterocycles. The lowest BCUT2D eigenvalue weighted by Crippen LogP contribution is -2.42. The van der Waals surface area contributed by atoms with Crippen LogP contribution in [0.15, 0.2) is 28.9 Å². The van der Waals surface area contributed by atoms with Crippen molar-refractivity contribution in [2.45, 2.75) is 32.2 Å². The van der Waals surface area contributed by atoms with Crippen molar-refractivity contribution in [2.75, 3.05) is 19.6 Å². The number of nitrogens with one attached hydrogen (secondary N) is 2. The van der Waals surface area contributed by atoms with Gasteiger partial charge in [-0.05, 0) is 38.4 Å². The fourth-order valence-electron chi connectivity index (χ4n) is 2.89. The van der Waals surface area contributed by atoms with Crippen LogP contribution in [0.3, 0.4) is 0 Å². The van der Waals surface area contributed by atoms with E-state index in [1.54, 1.807) is 18.4 Å². The molecule has 2 N–H and O–H groups in total. The maximum atomic E-state index is 12.1. The number of piperidine rings is 1. The number of hydrogen-bond donors (Lipinski definition) is 2. The molecule has 1 aliphatic rings. The largest absolute Gasteiger partial charge is 0.463 e. The Morgan fingerprint density at radius 1 is 1.55 bits per heavy atom. The van der Waals surface area contributed by atoms with Crippen LogP contribution in [0.25, 0.3) is 11.5 Å². The van der Waals surface area contributed by atoms with Crippen molar-refractivity contribution >= 4 is 5.91 Å². The van der Waals surface area contributed by atoms with E-state index in [1.807, 2.05) is 6.07 Å². The summed E-state index contributed by atoms with van der Waals surface area (Å²) in [7, 11) is 0. The Hall–Kier alpha value is -2.08. The summed E-state index contributed by atoms with van der Waals surface area (Å²) in [5.74, 6) is 0.521. The van der Waals surface area contributed by atoms with Crippen LogP contribution in [0.4, 0.5) is 0 Å². The fourth-order valence-corrected chi connectivity index (χ4v) is 2.89. The van der Waals surface area contributed by atoms with Crippen molar-refractivity contribution < 1.29 is 9.21 Å². The lowest BCUT2D eigenvalue weighted by molar-refractivity contribution is 0.0933. The molecule has 6 heteroatoms. The van der Waals surface area contributed by atoms with Crippen LogP contribution in [0.2, 0.25) is 0 Å². The third kappa shape index (κ3) is 3.39. The maximum Gasteiger partial charge on any atom is 0.271 e. The number of hydrogen-bond acceptors (Lipinski definition) is 4. The number of likely N-dealkylation sites (tertiary alicyclic amines) is 1. The summed E-state index contributed by atoms with van der Waals surface area (Å²) >= 11 is 0. The molecule has 0 bridgehead atoms. The number of carbonyl (C=O) groups excluding carboxylic acids is 1. The van der Waals surface area contributed by atoms with Gasteiger partial charge in [-0.2, -0.15) is 5.10 Å². The van der Waals surface area contributed by atoms with Crippen LogP contribution < -0.4 is 5.32 Å². The van der Waals surface area contributed by atoms with Crippen molar-refractivity contribution in [3.63, 3.8) is 0 Å². The highest BCUT2D eigenvalue weighted by Crippen LogP contribution is 2.18. The predicted molar refractivity (Wildman–Crippen MR) is 83.5 cm³/mol. The molecule has 1 amide bonds. The monoisotopic (exact) mass is 302 g/mol. The molecule has 1 fully saturated rings. The summed E-state index contributed by atoms with van der Waals surface area (Å²) in [6.07, 6.45) is 5.41. The molecule has 1 atom stereocenters. The van der Waals surface area contributed by atoms with Crippen molar-refractivity contribution in [3.8, 4) is 11.5 Å². The van der Waals surface area contributed by atoms with Gasteiger partial charge in [-0.15, -0.1) is 0 Å². The third-order valence-corrected chi connectivity index (χ3v) is 4.22. The molecule has 3 rings (SSSR count). The first kappa shape index (κ1) is 14.8. The highest BCUT2D eigenvalue weighted by atomic mass is 16.3. The average Bonchev–Trinajstić information content (AvgIpc) is 3.20. The highest BCUT2D eigenvalue weighted by Gasteiger charge is 2.18. The minimum atomic E-state index is -0.154. The third-order valence-electron chi connectivity index (χ3n) is 4.22. The van der Waals surface area contributed by atoms with E-state index >= 15 is 0 Å². The van der Waals surface area contributed by atoms with Crippen LogP contribution in [0.1, 0.15) is 36.7 Å². The summed E-state index contributed by atoms with van der Waals surface area (Å²) in [5, 5.41) is 9.79. The van der Waals surface area contributed by atoms with Gasteiger partial charge in [0.05, 0.1) is 6.26 Å². The molecule has 0 unspecified atom stereocenters. The zero-order valence-corrected chi connectivity index (χ0v) is 12.8. The molecule has 22 heavy (non-hydrogen) atoms. The van der Waals surface area contributed by atoms with Gasteiger partial charge in [0.1, 0.15) is 5.69 Å². The minimum absolute atomic E-state index is 0.154. The Bertz CT molecular complexity index is 605. The molecule has 1 saturated heterocycles. The molecular weight excluding hydrogens is 280 g/mol. The fraction of sp³-hybridized carbons (Fsp3) is 0.500. The van der Waals surface area contributed by atoms with E-state index in [4.69, 9.17) is 4.42 Å². The Kier molecular flexibility index (Phi) is 4.58. The molecule has 3 heterocycles. The van der Waals surface area contributed by atoms with Gasteiger partial charge in [0, 0.05) is 25.2 Å². The lowest BCUT2D eigenvalue weighted by atomic mass is 10.0. The van der Waals surface area contributed by atoms with Gasteiger partial charge in [0.2, 0.25) is 0 Å². The number of aromatic nitrogens is 2. The SMILES string of the molecule is C[C@@H]1CCCCN1CCNC(=O)c1cc(-c2ccco2)[nH]n1. The van der Waals surface area contributed by atoms with E-state index in [-0.39, 0.29) is 5.91 Å². The van der Waals surface area contributed by atoms with Crippen molar-refractivity contribution in [1.29, 1.82) is 0 Å². The summed E-state index contributed by atoms with van der Waals surface area (Å²) in [6, 6.07) is 5.95. The number of aromatic amines is 1. The molecule has 118 valence electrons. The second kappa shape index (κ2) is 6.79. The topological polar surface area (TPSA) is 74.2 Å². The van der Waals surface area contributed by atoms with E-state index in [0.29, 0.717) is 29.7 Å². The smallest absolute Gasteiger partial charge is 0.271 e. The first-order valence-electron chi connectivity index (χ1n) is 7.85. The Balaban J connectivity index is 1.50. The normalized spacial score (nSPS) is 19.2. The Labute approximate surface area is 129 Å².